The number of benzene rings is 1. The maximum atomic E-state index is 11.2. The van der Waals surface area contributed by atoms with Crippen LogP contribution in [0.1, 0.15) is 31.7 Å². The number of likely N-dealkylation sites (tertiary alicyclic amines) is 1. The number of hydrogen-bond acceptors (Lipinski definition) is 3. The maximum absolute atomic E-state index is 11.2. The van der Waals surface area contributed by atoms with Crippen molar-refractivity contribution >= 4 is 5.97 Å². The minimum absolute atomic E-state index is 0.217. The van der Waals surface area contributed by atoms with Crippen molar-refractivity contribution in [3.8, 4) is 5.75 Å². The SMILES string of the molecule is CCC(Cc1ccccc1OC)N1CCCC(C(=O)O)C1. The smallest absolute Gasteiger partial charge is 0.307 e. The van der Waals surface area contributed by atoms with Gasteiger partial charge in [0, 0.05) is 12.6 Å². The van der Waals surface area contributed by atoms with Gasteiger partial charge in [0.1, 0.15) is 5.75 Å². The van der Waals surface area contributed by atoms with E-state index in [-0.39, 0.29) is 5.92 Å². The minimum Gasteiger partial charge on any atom is -0.496 e. The van der Waals surface area contributed by atoms with Crippen LogP contribution in [-0.2, 0) is 11.2 Å². The Hall–Kier alpha value is -1.55. The summed E-state index contributed by atoms with van der Waals surface area (Å²) >= 11 is 0. The molecule has 4 heteroatoms. The molecule has 0 spiro atoms. The molecule has 116 valence electrons. The topological polar surface area (TPSA) is 49.8 Å². The molecule has 1 aromatic rings. The highest BCUT2D eigenvalue weighted by atomic mass is 16.5. The standard InChI is InChI=1S/C17H25NO3/c1-3-15(11-13-7-4-5-9-16(13)21-2)18-10-6-8-14(12-18)17(19)20/h4-5,7,9,14-15H,3,6,8,10-12H2,1-2H3,(H,19,20). The average molecular weight is 291 g/mol. The maximum Gasteiger partial charge on any atom is 0.307 e. The minimum atomic E-state index is -0.660. The van der Waals surface area contributed by atoms with Gasteiger partial charge in [0.15, 0.2) is 0 Å². The third-order valence-electron chi connectivity index (χ3n) is 4.44. The van der Waals surface area contributed by atoms with Crippen molar-refractivity contribution in [1.82, 2.24) is 4.90 Å². The first kappa shape index (κ1) is 15.8. The van der Waals surface area contributed by atoms with Gasteiger partial charge in [-0.05, 0) is 43.9 Å². The van der Waals surface area contributed by atoms with E-state index in [9.17, 15) is 9.90 Å². The molecule has 1 aliphatic heterocycles. The van der Waals surface area contributed by atoms with Gasteiger partial charge in [-0.3, -0.25) is 9.69 Å². The van der Waals surface area contributed by atoms with Gasteiger partial charge in [-0.1, -0.05) is 25.1 Å². The number of methoxy groups -OCH3 is 1. The van der Waals surface area contributed by atoms with Crippen LogP contribution in [0.5, 0.6) is 5.75 Å². The van der Waals surface area contributed by atoms with Gasteiger partial charge < -0.3 is 9.84 Å². The predicted molar refractivity (Wildman–Crippen MR) is 82.7 cm³/mol. The Morgan fingerprint density at radius 1 is 1.48 bits per heavy atom. The van der Waals surface area contributed by atoms with Crippen LogP contribution < -0.4 is 4.74 Å². The number of piperidine rings is 1. The van der Waals surface area contributed by atoms with Crippen molar-refractivity contribution < 1.29 is 14.6 Å². The van der Waals surface area contributed by atoms with Crippen LogP contribution in [0.25, 0.3) is 0 Å². The molecule has 0 amide bonds. The average Bonchev–Trinajstić information content (AvgIpc) is 2.53. The number of aliphatic carboxylic acids is 1. The summed E-state index contributed by atoms with van der Waals surface area (Å²) in [5, 5.41) is 9.24. The molecule has 4 nitrogen and oxygen atoms in total. The summed E-state index contributed by atoms with van der Waals surface area (Å²) in [6, 6.07) is 8.47. The van der Waals surface area contributed by atoms with Gasteiger partial charge >= 0.3 is 5.97 Å². The molecule has 0 saturated carbocycles. The summed E-state index contributed by atoms with van der Waals surface area (Å²) < 4.78 is 5.42. The molecule has 0 bridgehead atoms. The first-order valence-electron chi connectivity index (χ1n) is 7.74. The van der Waals surface area contributed by atoms with Gasteiger partial charge in [-0.25, -0.2) is 0 Å². The predicted octanol–water partition coefficient (Wildman–Crippen LogP) is 2.81. The second-order valence-corrected chi connectivity index (χ2v) is 5.75. The van der Waals surface area contributed by atoms with Crippen molar-refractivity contribution in [2.75, 3.05) is 20.2 Å². The summed E-state index contributed by atoms with van der Waals surface area (Å²) in [4.78, 5) is 13.6. The van der Waals surface area contributed by atoms with Crippen molar-refractivity contribution in [2.45, 2.75) is 38.6 Å². The lowest BCUT2D eigenvalue weighted by Gasteiger charge is -2.37. The fourth-order valence-corrected chi connectivity index (χ4v) is 3.20. The molecule has 1 N–H and O–H groups in total. The van der Waals surface area contributed by atoms with Crippen molar-refractivity contribution in [2.24, 2.45) is 5.92 Å². The second kappa shape index (κ2) is 7.46. The summed E-state index contributed by atoms with van der Waals surface area (Å²) in [6.07, 6.45) is 3.70. The quantitative estimate of drug-likeness (QED) is 0.875. The second-order valence-electron chi connectivity index (χ2n) is 5.75. The fraction of sp³-hybridized carbons (Fsp3) is 0.588. The van der Waals surface area contributed by atoms with Crippen LogP contribution in [0.3, 0.4) is 0 Å². The molecule has 1 saturated heterocycles. The van der Waals surface area contributed by atoms with Gasteiger partial charge in [0.25, 0.3) is 0 Å². The van der Waals surface area contributed by atoms with Gasteiger partial charge in [-0.2, -0.15) is 0 Å². The molecule has 0 aliphatic carbocycles. The Balaban J connectivity index is 2.07. The first-order valence-corrected chi connectivity index (χ1v) is 7.74. The van der Waals surface area contributed by atoms with E-state index in [4.69, 9.17) is 4.74 Å². The summed E-state index contributed by atoms with van der Waals surface area (Å²) in [7, 11) is 1.70. The van der Waals surface area contributed by atoms with Crippen LogP contribution in [0.15, 0.2) is 24.3 Å². The lowest BCUT2D eigenvalue weighted by Crippen LogP contribution is -2.45. The van der Waals surface area contributed by atoms with Gasteiger partial charge in [-0.15, -0.1) is 0 Å². The number of carbonyl (C=O) groups is 1. The first-order chi connectivity index (χ1) is 10.2. The molecular weight excluding hydrogens is 266 g/mol. The van der Waals surface area contributed by atoms with E-state index in [0.717, 1.165) is 38.0 Å². The summed E-state index contributed by atoms with van der Waals surface area (Å²) in [6.45, 7) is 3.84. The number of carboxylic acid groups (broad SMARTS) is 1. The highest BCUT2D eigenvalue weighted by molar-refractivity contribution is 5.70. The highest BCUT2D eigenvalue weighted by Gasteiger charge is 2.29. The molecule has 0 radical (unpaired) electrons. The van der Waals surface area contributed by atoms with E-state index in [1.54, 1.807) is 7.11 Å². The van der Waals surface area contributed by atoms with Gasteiger partial charge in [0.05, 0.1) is 13.0 Å². The molecule has 2 rings (SSSR count). The Kier molecular flexibility index (Phi) is 5.62. The van der Waals surface area contributed by atoms with Crippen LogP contribution in [-0.4, -0.2) is 42.2 Å². The molecule has 1 fully saturated rings. The number of hydrogen-bond donors (Lipinski definition) is 1. The molecular formula is C17H25NO3. The van der Waals surface area contributed by atoms with Crippen LogP contribution in [0.4, 0.5) is 0 Å². The lowest BCUT2D eigenvalue weighted by molar-refractivity contribution is -0.143. The van der Waals surface area contributed by atoms with Crippen LogP contribution in [0.2, 0.25) is 0 Å². The molecule has 21 heavy (non-hydrogen) atoms. The third-order valence-corrected chi connectivity index (χ3v) is 4.44. The van der Waals surface area contributed by atoms with Gasteiger partial charge in [0.2, 0.25) is 0 Å². The van der Waals surface area contributed by atoms with Crippen molar-refractivity contribution in [3.05, 3.63) is 29.8 Å². The highest BCUT2D eigenvalue weighted by Crippen LogP contribution is 2.25. The summed E-state index contributed by atoms with van der Waals surface area (Å²) in [5.74, 6) is 0.0417. The number of nitrogens with zero attached hydrogens (tertiary/aromatic N) is 1. The van der Waals surface area contributed by atoms with Crippen LogP contribution >= 0.6 is 0 Å². The molecule has 2 atom stereocenters. The Morgan fingerprint density at radius 3 is 2.90 bits per heavy atom. The molecule has 1 heterocycles. The zero-order valence-electron chi connectivity index (χ0n) is 12.9. The Labute approximate surface area is 126 Å². The van der Waals surface area contributed by atoms with E-state index in [1.807, 2.05) is 18.2 Å². The molecule has 2 unspecified atom stereocenters. The normalized spacial score (nSPS) is 21.0. The zero-order chi connectivity index (χ0) is 15.2. The number of para-hydroxylation sites is 1. The van der Waals surface area contributed by atoms with E-state index >= 15 is 0 Å². The monoisotopic (exact) mass is 291 g/mol. The van der Waals surface area contributed by atoms with E-state index in [1.165, 1.54) is 5.56 Å². The summed E-state index contributed by atoms with van der Waals surface area (Å²) in [5.41, 5.74) is 1.20. The Bertz CT molecular complexity index is 475. The zero-order valence-corrected chi connectivity index (χ0v) is 12.9. The van der Waals surface area contributed by atoms with E-state index in [0.29, 0.717) is 12.6 Å². The number of carboxylic acids is 1. The van der Waals surface area contributed by atoms with Crippen molar-refractivity contribution in [3.63, 3.8) is 0 Å². The third kappa shape index (κ3) is 3.97. The Morgan fingerprint density at radius 2 is 2.24 bits per heavy atom. The molecule has 1 aromatic carbocycles. The number of ether oxygens (including phenoxy) is 1. The van der Waals surface area contributed by atoms with Crippen molar-refractivity contribution in [1.29, 1.82) is 0 Å². The van der Waals surface area contributed by atoms with E-state index in [2.05, 4.69) is 17.9 Å². The number of rotatable bonds is 6. The fourth-order valence-electron chi connectivity index (χ4n) is 3.20. The van der Waals surface area contributed by atoms with Crippen LogP contribution in [0, 0.1) is 5.92 Å². The largest absolute Gasteiger partial charge is 0.496 e. The lowest BCUT2D eigenvalue weighted by atomic mass is 9.94. The van der Waals surface area contributed by atoms with E-state index < -0.39 is 5.97 Å². The molecule has 1 aliphatic rings. The molecule has 0 aromatic heterocycles.